The summed E-state index contributed by atoms with van der Waals surface area (Å²) in [5.41, 5.74) is 0.801. The monoisotopic (exact) mass is 344 g/mol. The zero-order valence-corrected chi connectivity index (χ0v) is 12.2. The molecular weight excluding hydrogens is 336 g/mol. The molecule has 5 nitrogen and oxygen atoms in total. The number of carbonyl (C=O) groups is 1. The molecule has 0 aliphatic rings. The number of halogens is 1. The predicted molar refractivity (Wildman–Crippen MR) is 80.7 cm³/mol. The molecule has 0 spiro atoms. The van der Waals surface area contributed by atoms with E-state index in [1.54, 1.807) is 12.1 Å². The minimum atomic E-state index is -1.06. The summed E-state index contributed by atoms with van der Waals surface area (Å²) in [5.74, 6) is -0.516. The third-order valence-corrected chi connectivity index (χ3v) is 3.38. The van der Waals surface area contributed by atoms with Crippen LogP contribution in [0.2, 0.25) is 0 Å². The van der Waals surface area contributed by atoms with Crippen LogP contribution < -0.4 is 4.74 Å². The lowest BCUT2D eigenvalue weighted by Gasteiger charge is -2.10. The number of hydrogen-bond donors (Lipinski definition) is 1. The van der Waals surface area contributed by atoms with Crippen molar-refractivity contribution in [1.29, 1.82) is 0 Å². The highest BCUT2D eigenvalue weighted by Gasteiger charge is 2.14. The van der Waals surface area contributed by atoms with Gasteiger partial charge in [0.05, 0.1) is 10.9 Å². The molecule has 104 valence electrons. The van der Waals surface area contributed by atoms with Crippen molar-refractivity contribution < 1.29 is 14.6 Å². The van der Waals surface area contributed by atoms with Crippen molar-refractivity contribution in [2.75, 3.05) is 0 Å². The lowest BCUT2D eigenvalue weighted by molar-refractivity contribution is 0.0694. The summed E-state index contributed by atoms with van der Waals surface area (Å²) in [6, 6.07) is 12.1. The number of hydrogen-bond acceptors (Lipinski definition) is 4. The zero-order chi connectivity index (χ0) is 14.8. The van der Waals surface area contributed by atoms with E-state index in [0.717, 1.165) is 15.4 Å². The molecule has 0 saturated heterocycles. The number of carboxylic acids is 1. The number of benzene rings is 2. The summed E-state index contributed by atoms with van der Waals surface area (Å²) in [5, 5.41) is 9.94. The molecule has 1 aromatic heterocycles. The molecule has 3 aromatic rings. The zero-order valence-electron chi connectivity index (χ0n) is 10.7. The average Bonchev–Trinajstić information content (AvgIpc) is 2.47. The van der Waals surface area contributed by atoms with Crippen molar-refractivity contribution in [1.82, 2.24) is 9.97 Å². The highest BCUT2D eigenvalue weighted by Crippen LogP contribution is 2.31. The standard InChI is InChI=1S/C15H9BrN2O3/c16-9-5-6-11(15(19)20)13(7-9)21-14-10-3-1-2-4-12(10)17-8-18-14/h1-8H,(H,19,20). The summed E-state index contributed by atoms with van der Waals surface area (Å²) >= 11 is 3.30. The predicted octanol–water partition coefficient (Wildman–Crippen LogP) is 3.88. The van der Waals surface area contributed by atoms with Crippen LogP contribution in [-0.2, 0) is 0 Å². The Morgan fingerprint density at radius 3 is 2.76 bits per heavy atom. The molecule has 2 aromatic carbocycles. The van der Waals surface area contributed by atoms with E-state index in [2.05, 4.69) is 25.9 Å². The maximum atomic E-state index is 11.3. The highest BCUT2D eigenvalue weighted by atomic mass is 79.9. The number of carboxylic acid groups (broad SMARTS) is 1. The summed E-state index contributed by atoms with van der Waals surface area (Å²) < 4.78 is 6.43. The van der Waals surface area contributed by atoms with Gasteiger partial charge in [0, 0.05) is 4.47 Å². The molecule has 0 aliphatic heterocycles. The molecule has 1 N–H and O–H groups in total. The minimum absolute atomic E-state index is 0.0703. The van der Waals surface area contributed by atoms with Crippen molar-refractivity contribution in [3.05, 3.63) is 58.8 Å². The van der Waals surface area contributed by atoms with Gasteiger partial charge >= 0.3 is 5.97 Å². The molecule has 0 fully saturated rings. The summed E-state index contributed by atoms with van der Waals surface area (Å²) in [4.78, 5) is 19.5. The molecule has 1 heterocycles. The fourth-order valence-corrected chi connectivity index (χ4v) is 2.26. The number of rotatable bonds is 3. The van der Waals surface area contributed by atoms with E-state index < -0.39 is 5.97 Å². The first-order valence-electron chi connectivity index (χ1n) is 6.05. The summed E-state index contributed by atoms with van der Waals surface area (Å²) in [7, 11) is 0. The van der Waals surface area contributed by atoms with Crippen LogP contribution in [0.25, 0.3) is 10.9 Å². The Hall–Kier alpha value is -2.47. The number of nitrogens with zero attached hydrogens (tertiary/aromatic N) is 2. The van der Waals surface area contributed by atoms with E-state index in [-0.39, 0.29) is 11.3 Å². The number of para-hydroxylation sites is 1. The quantitative estimate of drug-likeness (QED) is 0.780. The Bertz CT molecular complexity index is 831. The molecule has 0 unspecified atom stereocenters. The first kappa shape index (κ1) is 13.5. The Morgan fingerprint density at radius 2 is 1.95 bits per heavy atom. The molecule has 0 saturated carbocycles. The molecule has 0 aliphatic carbocycles. The molecule has 21 heavy (non-hydrogen) atoms. The molecule has 0 atom stereocenters. The third-order valence-electron chi connectivity index (χ3n) is 2.89. The number of ether oxygens (including phenoxy) is 1. The molecule has 0 bridgehead atoms. The van der Waals surface area contributed by atoms with Gasteiger partial charge in [-0.05, 0) is 30.3 Å². The van der Waals surface area contributed by atoms with Gasteiger partial charge in [-0.25, -0.2) is 14.8 Å². The third kappa shape index (κ3) is 2.71. The van der Waals surface area contributed by atoms with Gasteiger partial charge in [-0.2, -0.15) is 0 Å². The number of fused-ring (bicyclic) bond motifs is 1. The van der Waals surface area contributed by atoms with E-state index in [1.165, 1.54) is 12.4 Å². The van der Waals surface area contributed by atoms with Gasteiger partial charge in [-0.3, -0.25) is 0 Å². The number of aromatic nitrogens is 2. The largest absolute Gasteiger partial charge is 0.478 e. The topological polar surface area (TPSA) is 72.3 Å². The van der Waals surface area contributed by atoms with Crippen LogP contribution in [0.1, 0.15) is 10.4 Å². The second-order valence-corrected chi connectivity index (χ2v) is 5.16. The average molecular weight is 345 g/mol. The van der Waals surface area contributed by atoms with Crippen LogP contribution in [0.4, 0.5) is 0 Å². The van der Waals surface area contributed by atoms with Gasteiger partial charge < -0.3 is 9.84 Å². The van der Waals surface area contributed by atoms with Crippen LogP contribution >= 0.6 is 15.9 Å². The number of aromatic carboxylic acids is 1. The van der Waals surface area contributed by atoms with Gasteiger partial charge in [0.25, 0.3) is 0 Å². The Balaban J connectivity index is 2.11. The van der Waals surface area contributed by atoms with Crippen LogP contribution in [0, 0.1) is 0 Å². The molecular formula is C15H9BrN2O3. The first-order chi connectivity index (χ1) is 10.1. The maximum Gasteiger partial charge on any atom is 0.339 e. The van der Waals surface area contributed by atoms with Crippen LogP contribution in [0.5, 0.6) is 11.6 Å². The smallest absolute Gasteiger partial charge is 0.339 e. The van der Waals surface area contributed by atoms with Crippen molar-refractivity contribution in [2.45, 2.75) is 0 Å². The van der Waals surface area contributed by atoms with Gasteiger partial charge in [-0.1, -0.05) is 28.1 Å². The van der Waals surface area contributed by atoms with E-state index in [9.17, 15) is 9.90 Å². The molecule has 0 amide bonds. The van der Waals surface area contributed by atoms with Crippen molar-refractivity contribution in [2.24, 2.45) is 0 Å². The first-order valence-corrected chi connectivity index (χ1v) is 6.85. The summed E-state index contributed by atoms with van der Waals surface area (Å²) in [6.45, 7) is 0. The SMILES string of the molecule is O=C(O)c1ccc(Br)cc1Oc1ncnc2ccccc12. The minimum Gasteiger partial charge on any atom is -0.478 e. The van der Waals surface area contributed by atoms with Crippen molar-refractivity contribution in [3.63, 3.8) is 0 Å². The van der Waals surface area contributed by atoms with Gasteiger partial charge in [0.1, 0.15) is 17.6 Å². The van der Waals surface area contributed by atoms with Crippen LogP contribution in [-0.4, -0.2) is 21.0 Å². The second kappa shape index (κ2) is 5.49. The normalized spacial score (nSPS) is 10.5. The van der Waals surface area contributed by atoms with Gasteiger partial charge in [-0.15, -0.1) is 0 Å². The van der Waals surface area contributed by atoms with Crippen LogP contribution in [0.15, 0.2) is 53.3 Å². The molecule has 3 rings (SSSR count). The van der Waals surface area contributed by atoms with Gasteiger partial charge in [0.2, 0.25) is 5.88 Å². The lowest BCUT2D eigenvalue weighted by Crippen LogP contribution is -2.01. The van der Waals surface area contributed by atoms with E-state index >= 15 is 0 Å². The van der Waals surface area contributed by atoms with E-state index in [0.29, 0.717) is 5.88 Å². The molecule has 0 radical (unpaired) electrons. The van der Waals surface area contributed by atoms with E-state index in [1.807, 2.05) is 24.3 Å². The van der Waals surface area contributed by atoms with Crippen LogP contribution in [0.3, 0.4) is 0 Å². The summed E-state index contributed by atoms with van der Waals surface area (Å²) in [6.07, 6.45) is 1.39. The fraction of sp³-hybridized carbons (Fsp3) is 0. The highest BCUT2D eigenvalue weighted by molar-refractivity contribution is 9.10. The Labute approximate surface area is 128 Å². The van der Waals surface area contributed by atoms with Gasteiger partial charge in [0.15, 0.2) is 0 Å². The second-order valence-electron chi connectivity index (χ2n) is 4.24. The van der Waals surface area contributed by atoms with Crippen molar-refractivity contribution >= 4 is 32.8 Å². The van der Waals surface area contributed by atoms with Crippen molar-refractivity contribution in [3.8, 4) is 11.6 Å². The fourth-order valence-electron chi connectivity index (χ4n) is 1.92. The lowest BCUT2D eigenvalue weighted by atomic mass is 10.2. The maximum absolute atomic E-state index is 11.3. The van der Waals surface area contributed by atoms with E-state index in [4.69, 9.17) is 4.74 Å². The Morgan fingerprint density at radius 1 is 1.14 bits per heavy atom. The molecule has 6 heteroatoms. The Kier molecular flexibility index (Phi) is 3.53.